The molecule has 1 aliphatic heterocycles. The molecule has 0 unspecified atom stereocenters. The second kappa shape index (κ2) is 11.3. The van der Waals surface area contributed by atoms with Crippen LogP contribution in [0.5, 0.6) is 5.75 Å². The van der Waals surface area contributed by atoms with Gasteiger partial charge in [-0.15, -0.1) is 23.7 Å². The van der Waals surface area contributed by atoms with Crippen LogP contribution in [0.3, 0.4) is 0 Å². The van der Waals surface area contributed by atoms with Crippen molar-refractivity contribution in [3.05, 3.63) is 45.8 Å². The van der Waals surface area contributed by atoms with Gasteiger partial charge in [0, 0.05) is 23.5 Å². The summed E-state index contributed by atoms with van der Waals surface area (Å²) in [6.07, 6.45) is 2.84. The number of fused-ring (bicyclic) bond motifs is 1. The summed E-state index contributed by atoms with van der Waals surface area (Å²) in [4.78, 5) is 28.7. The third-order valence-electron chi connectivity index (χ3n) is 4.84. The van der Waals surface area contributed by atoms with Crippen molar-refractivity contribution in [3.63, 3.8) is 0 Å². The molecule has 0 aliphatic carbocycles. The zero-order valence-electron chi connectivity index (χ0n) is 17.7. The highest BCUT2D eigenvalue weighted by Crippen LogP contribution is 2.37. The Kier molecular flexibility index (Phi) is 9.14. The molecule has 1 N–H and O–H groups in total. The number of thiophene rings is 1. The van der Waals surface area contributed by atoms with Crippen LogP contribution in [-0.2, 0) is 17.7 Å². The zero-order valence-corrected chi connectivity index (χ0v) is 19.3. The van der Waals surface area contributed by atoms with Gasteiger partial charge in [-0.1, -0.05) is 13.3 Å². The van der Waals surface area contributed by atoms with Gasteiger partial charge in [-0.05, 0) is 56.6 Å². The summed E-state index contributed by atoms with van der Waals surface area (Å²) in [6.45, 7) is 6.51. The number of carbonyl (C=O) groups excluding carboxylic acids is 2. The van der Waals surface area contributed by atoms with Crippen molar-refractivity contribution in [2.45, 2.75) is 39.7 Å². The van der Waals surface area contributed by atoms with E-state index in [9.17, 15) is 9.59 Å². The van der Waals surface area contributed by atoms with Crippen LogP contribution >= 0.6 is 23.7 Å². The average Bonchev–Trinajstić information content (AvgIpc) is 3.05. The Morgan fingerprint density at radius 2 is 1.93 bits per heavy atom. The number of likely N-dealkylation sites (N-methyl/N-ethyl adjacent to an activating group) is 1. The predicted molar refractivity (Wildman–Crippen MR) is 122 cm³/mol. The molecule has 30 heavy (non-hydrogen) atoms. The lowest BCUT2D eigenvalue weighted by Crippen LogP contribution is -2.26. The molecule has 0 radical (unpaired) electrons. The summed E-state index contributed by atoms with van der Waals surface area (Å²) in [5, 5.41) is 3.50. The molecule has 0 atom stereocenters. The first-order valence-corrected chi connectivity index (χ1v) is 10.9. The highest BCUT2D eigenvalue weighted by Gasteiger charge is 2.28. The van der Waals surface area contributed by atoms with Crippen molar-refractivity contribution in [3.8, 4) is 5.75 Å². The minimum absolute atomic E-state index is 0. The van der Waals surface area contributed by atoms with Crippen molar-refractivity contribution >= 4 is 40.6 Å². The van der Waals surface area contributed by atoms with Gasteiger partial charge in [0.2, 0.25) is 0 Å². The zero-order chi connectivity index (χ0) is 20.8. The molecule has 2 heterocycles. The number of esters is 1. The average molecular weight is 453 g/mol. The van der Waals surface area contributed by atoms with Crippen molar-refractivity contribution in [2.75, 3.05) is 32.1 Å². The van der Waals surface area contributed by atoms with E-state index in [-0.39, 0.29) is 24.3 Å². The number of hydrogen-bond acceptors (Lipinski definition) is 6. The Morgan fingerprint density at radius 1 is 1.20 bits per heavy atom. The molecular weight excluding hydrogens is 424 g/mol. The second-order valence-electron chi connectivity index (χ2n) is 7.10. The molecule has 1 amide bonds. The summed E-state index contributed by atoms with van der Waals surface area (Å²) >= 11 is 1.46. The summed E-state index contributed by atoms with van der Waals surface area (Å²) < 4.78 is 10.9. The van der Waals surface area contributed by atoms with Gasteiger partial charge < -0.3 is 19.7 Å². The highest BCUT2D eigenvalue weighted by atomic mass is 35.5. The van der Waals surface area contributed by atoms with E-state index in [0.717, 1.165) is 48.5 Å². The number of amides is 1. The molecule has 1 aromatic heterocycles. The van der Waals surface area contributed by atoms with Gasteiger partial charge in [-0.3, -0.25) is 4.79 Å². The summed E-state index contributed by atoms with van der Waals surface area (Å²) in [5.74, 6) is 0.129. The molecule has 0 bridgehead atoms. The fraction of sp³-hybridized carbons (Fsp3) is 0.455. The lowest BCUT2D eigenvalue weighted by Gasteiger charge is -2.22. The molecule has 164 valence electrons. The molecule has 1 aliphatic rings. The van der Waals surface area contributed by atoms with E-state index in [0.29, 0.717) is 29.3 Å². The van der Waals surface area contributed by atoms with E-state index in [1.807, 2.05) is 0 Å². The predicted octanol–water partition coefficient (Wildman–Crippen LogP) is 4.77. The van der Waals surface area contributed by atoms with E-state index >= 15 is 0 Å². The number of nitrogens with zero attached hydrogens (tertiary/aromatic N) is 1. The minimum Gasteiger partial charge on any atom is -0.494 e. The van der Waals surface area contributed by atoms with Gasteiger partial charge in [-0.2, -0.15) is 0 Å². The largest absolute Gasteiger partial charge is 0.494 e. The highest BCUT2D eigenvalue weighted by molar-refractivity contribution is 7.17. The number of ether oxygens (including phenoxy) is 2. The van der Waals surface area contributed by atoms with Crippen LogP contribution in [0.2, 0.25) is 0 Å². The van der Waals surface area contributed by atoms with Gasteiger partial charge in [0.05, 0.1) is 18.8 Å². The molecule has 1 aromatic carbocycles. The number of nitrogens with one attached hydrogen (secondary N) is 1. The van der Waals surface area contributed by atoms with Gasteiger partial charge >= 0.3 is 5.97 Å². The van der Waals surface area contributed by atoms with Crippen LogP contribution in [0, 0.1) is 0 Å². The van der Waals surface area contributed by atoms with E-state index in [4.69, 9.17) is 9.47 Å². The third-order valence-corrected chi connectivity index (χ3v) is 5.97. The van der Waals surface area contributed by atoms with Gasteiger partial charge in [-0.25, -0.2) is 4.79 Å². The standard InChI is InChI=1S/C22H28N2O4S.ClH/c1-4-6-13-28-16-9-7-15(8-10-16)20(25)23-21-19(22(26)27-5-2)17-11-12-24(3)14-18(17)29-21;/h7-10H,4-6,11-14H2,1-3H3,(H,23,25);1H. The maximum absolute atomic E-state index is 12.8. The molecular formula is C22H29ClN2O4S. The molecule has 0 saturated heterocycles. The lowest BCUT2D eigenvalue weighted by atomic mass is 10.0. The fourth-order valence-electron chi connectivity index (χ4n) is 3.25. The van der Waals surface area contributed by atoms with Crippen LogP contribution in [-0.4, -0.2) is 43.6 Å². The Labute approximate surface area is 188 Å². The van der Waals surface area contributed by atoms with Gasteiger partial charge in [0.1, 0.15) is 10.8 Å². The number of rotatable bonds is 8. The first kappa shape index (κ1) is 24.2. The second-order valence-corrected chi connectivity index (χ2v) is 8.20. The quantitative estimate of drug-likeness (QED) is 0.461. The van der Waals surface area contributed by atoms with Crippen LogP contribution in [0.25, 0.3) is 0 Å². The maximum Gasteiger partial charge on any atom is 0.341 e. The Bertz CT molecular complexity index is 867. The molecule has 8 heteroatoms. The monoisotopic (exact) mass is 452 g/mol. The fourth-order valence-corrected chi connectivity index (χ4v) is 4.56. The topological polar surface area (TPSA) is 67.9 Å². The summed E-state index contributed by atoms with van der Waals surface area (Å²) in [7, 11) is 2.05. The molecule has 6 nitrogen and oxygen atoms in total. The van der Waals surface area contributed by atoms with Crippen LogP contribution in [0.15, 0.2) is 24.3 Å². The van der Waals surface area contributed by atoms with Crippen molar-refractivity contribution in [1.29, 1.82) is 0 Å². The van der Waals surface area contributed by atoms with Crippen LogP contribution in [0.4, 0.5) is 5.00 Å². The number of unbranched alkanes of at least 4 members (excludes halogenated alkanes) is 1. The summed E-state index contributed by atoms with van der Waals surface area (Å²) in [5.41, 5.74) is 2.03. The number of carbonyl (C=O) groups is 2. The van der Waals surface area contributed by atoms with E-state index < -0.39 is 0 Å². The van der Waals surface area contributed by atoms with Gasteiger partial charge in [0.25, 0.3) is 5.91 Å². The van der Waals surface area contributed by atoms with Crippen molar-refractivity contribution in [1.82, 2.24) is 4.90 Å². The first-order valence-electron chi connectivity index (χ1n) is 10.1. The normalized spacial score (nSPS) is 13.2. The number of halogens is 1. The van der Waals surface area contributed by atoms with Crippen LogP contribution < -0.4 is 10.1 Å². The minimum atomic E-state index is -0.371. The van der Waals surface area contributed by atoms with E-state index in [1.54, 1.807) is 31.2 Å². The molecule has 0 spiro atoms. The Morgan fingerprint density at radius 3 is 2.60 bits per heavy atom. The number of benzene rings is 1. The van der Waals surface area contributed by atoms with Crippen molar-refractivity contribution < 1.29 is 19.1 Å². The molecule has 0 fully saturated rings. The maximum atomic E-state index is 12.8. The number of anilines is 1. The lowest BCUT2D eigenvalue weighted by molar-refractivity contribution is 0.0526. The Hall–Kier alpha value is -2.09. The summed E-state index contributed by atoms with van der Waals surface area (Å²) in [6, 6.07) is 7.07. The van der Waals surface area contributed by atoms with E-state index in [2.05, 4.69) is 24.2 Å². The third kappa shape index (κ3) is 5.74. The molecule has 3 rings (SSSR count). The van der Waals surface area contributed by atoms with Crippen molar-refractivity contribution in [2.24, 2.45) is 0 Å². The SMILES string of the molecule is CCCCOc1ccc(C(=O)Nc2sc3c(c2C(=O)OCC)CCN(C)C3)cc1.Cl. The number of hydrogen-bond donors (Lipinski definition) is 1. The van der Waals surface area contributed by atoms with Crippen LogP contribution in [0.1, 0.15) is 57.8 Å². The first-order chi connectivity index (χ1) is 14.0. The Balaban J connectivity index is 0.00000320. The molecule has 2 aromatic rings. The van der Waals surface area contributed by atoms with E-state index in [1.165, 1.54) is 11.3 Å². The molecule has 0 saturated carbocycles. The van der Waals surface area contributed by atoms with Gasteiger partial charge in [0.15, 0.2) is 0 Å². The smallest absolute Gasteiger partial charge is 0.341 e.